The van der Waals surface area contributed by atoms with E-state index >= 15 is 0 Å². The molecule has 0 radical (unpaired) electrons. The van der Waals surface area contributed by atoms with Gasteiger partial charge in [-0.05, 0) is 26.0 Å². The average molecular weight is 310 g/mol. The van der Waals surface area contributed by atoms with Gasteiger partial charge in [0, 0.05) is 25.1 Å². The Morgan fingerprint density at radius 2 is 2.24 bits per heavy atom. The summed E-state index contributed by atoms with van der Waals surface area (Å²) < 4.78 is 7.22. The zero-order valence-corrected chi connectivity index (χ0v) is 13.3. The summed E-state index contributed by atoms with van der Waals surface area (Å²) in [5.74, 6) is 1.85. The predicted octanol–water partition coefficient (Wildman–Crippen LogP) is 2.70. The molecule has 0 fully saturated rings. The van der Waals surface area contributed by atoms with Crippen LogP contribution in [0.3, 0.4) is 0 Å². The third-order valence-corrected chi connectivity index (χ3v) is 3.41. The Bertz CT molecular complexity index is 637. The van der Waals surface area contributed by atoms with Crippen LogP contribution in [0.2, 0.25) is 0 Å². The van der Waals surface area contributed by atoms with Crippen molar-refractivity contribution >= 4 is 28.5 Å². The van der Waals surface area contributed by atoms with E-state index in [1.165, 1.54) is 0 Å². The lowest BCUT2D eigenvalue weighted by atomic mass is 10.3. The first kappa shape index (κ1) is 15.6. The second-order valence-electron chi connectivity index (χ2n) is 5.14. The zero-order chi connectivity index (χ0) is 15.4. The fraction of sp³-hybridized carbons (Fsp3) is 0.467. The molecule has 5 nitrogen and oxygen atoms in total. The van der Waals surface area contributed by atoms with Gasteiger partial charge in [0.15, 0.2) is 0 Å². The van der Waals surface area contributed by atoms with Gasteiger partial charge in [-0.3, -0.25) is 4.79 Å². The molecular formula is C15H20ClN3O2. The number of halogens is 1. The van der Waals surface area contributed by atoms with Gasteiger partial charge in [-0.15, -0.1) is 11.6 Å². The topological polar surface area (TPSA) is 56.2 Å². The first-order valence-corrected chi connectivity index (χ1v) is 7.47. The van der Waals surface area contributed by atoms with Crippen molar-refractivity contribution < 1.29 is 9.53 Å². The smallest absolute Gasteiger partial charge is 0.221 e. The largest absolute Gasteiger partial charge is 0.497 e. The highest BCUT2D eigenvalue weighted by Crippen LogP contribution is 2.23. The second-order valence-corrected chi connectivity index (χ2v) is 5.41. The summed E-state index contributed by atoms with van der Waals surface area (Å²) in [7, 11) is 1.63. The molecule has 0 unspecified atom stereocenters. The summed E-state index contributed by atoms with van der Waals surface area (Å²) >= 11 is 5.96. The van der Waals surface area contributed by atoms with Crippen LogP contribution < -0.4 is 10.1 Å². The number of fused-ring (bicyclic) bond motifs is 1. The molecule has 0 aliphatic carbocycles. The van der Waals surface area contributed by atoms with Gasteiger partial charge in [0.2, 0.25) is 5.91 Å². The highest BCUT2D eigenvalue weighted by atomic mass is 35.5. The summed E-state index contributed by atoms with van der Waals surface area (Å²) in [6.45, 7) is 4.43. The van der Waals surface area contributed by atoms with E-state index in [1.807, 2.05) is 36.6 Å². The van der Waals surface area contributed by atoms with E-state index in [9.17, 15) is 4.79 Å². The molecule has 6 heteroatoms. The maximum Gasteiger partial charge on any atom is 0.221 e. The number of hydrogen-bond acceptors (Lipinski definition) is 3. The molecule has 0 spiro atoms. The van der Waals surface area contributed by atoms with Crippen LogP contribution in [-0.4, -0.2) is 28.6 Å². The minimum atomic E-state index is 0.0234. The van der Waals surface area contributed by atoms with Crippen molar-refractivity contribution in [3.05, 3.63) is 24.0 Å². The molecule has 0 bridgehead atoms. The third kappa shape index (κ3) is 3.67. The molecule has 1 heterocycles. The van der Waals surface area contributed by atoms with Crippen molar-refractivity contribution in [2.75, 3.05) is 7.11 Å². The predicted molar refractivity (Wildman–Crippen MR) is 83.7 cm³/mol. The first-order valence-electron chi connectivity index (χ1n) is 6.93. The number of methoxy groups -OCH3 is 1. The summed E-state index contributed by atoms with van der Waals surface area (Å²) in [5.41, 5.74) is 1.79. The molecule has 0 atom stereocenters. The van der Waals surface area contributed by atoms with E-state index in [2.05, 4.69) is 10.3 Å². The molecule has 0 saturated heterocycles. The number of nitrogens with one attached hydrogen (secondary N) is 1. The molecule has 1 aromatic carbocycles. The van der Waals surface area contributed by atoms with Gasteiger partial charge < -0.3 is 14.6 Å². The average Bonchev–Trinajstić information content (AvgIpc) is 2.81. The van der Waals surface area contributed by atoms with E-state index in [1.54, 1.807) is 7.11 Å². The quantitative estimate of drug-likeness (QED) is 0.835. The fourth-order valence-electron chi connectivity index (χ4n) is 2.24. The summed E-state index contributed by atoms with van der Waals surface area (Å²) in [6.07, 6.45) is 0.394. The number of aromatic nitrogens is 2. The van der Waals surface area contributed by atoms with E-state index in [4.69, 9.17) is 16.3 Å². The van der Waals surface area contributed by atoms with E-state index in [0.717, 1.165) is 22.6 Å². The van der Waals surface area contributed by atoms with Crippen molar-refractivity contribution in [3.8, 4) is 5.75 Å². The third-order valence-electron chi connectivity index (χ3n) is 3.17. The molecule has 1 amide bonds. The van der Waals surface area contributed by atoms with Crippen LogP contribution in [-0.2, 0) is 17.2 Å². The number of carbonyl (C=O) groups is 1. The monoisotopic (exact) mass is 309 g/mol. The maximum atomic E-state index is 11.8. The van der Waals surface area contributed by atoms with Crippen molar-refractivity contribution in [1.82, 2.24) is 14.9 Å². The number of ether oxygens (including phenoxy) is 1. The lowest BCUT2D eigenvalue weighted by molar-refractivity contribution is -0.121. The van der Waals surface area contributed by atoms with Crippen LogP contribution in [0.4, 0.5) is 0 Å². The van der Waals surface area contributed by atoms with Crippen LogP contribution in [0.1, 0.15) is 26.1 Å². The molecular weight excluding hydrogens is 290 g/mol. The van der Waals surface area contributed by atoms with E-state index in [0.29, 0.717) is 18.8 Å². The highest BCUT2D eigenvalue weighted by molar-refractivity contribution is 6.16. The number of benzene rings is 1. The number of rotatable bonds is 6. The fourth-order valence-corrected chi connectivity index (χ4v) is 2.44. The number of hydrogen-bond donors (Lipinski definition) is 1. The van der Waals surface area contributed by atoms with Crippen LogP contribution in [0.25, 0.3) is 11.0 Å². The van der Waals surface area contributed by atoms with Gasteiger partial charge in [-0.1, -0.05) is 0 Å². The molecule has 2 aromatic rings. The maximum absolute atomic E-state index is 11.8. The SMILES string of the molecule is COc1ccc2nc(CCl)n(CCC(=O)NC(C)C)c2c1. The lowest BCUT2D eigenvalue weighted by Crippen LogP contribution is -2.30. The van der Waals surface area contributed by atoms with E-state index < -0.39 is 0 Å². The van der Waals surface area contributed by atoms with Crippen molar-refractivity contribution in [1.29, 1.82) is 0 Å². The van der Waals surface area contributed by atoms with Crippen LogP contribution in [0.5, 0.6) is 5.75 Å². The number of nitrogens with zero attached hydrogens (tertiary/aromatic N) is 2. The Morgan fingerprint density at radius 1 is 1.48 bits per heavy atom. The molecule has 114 valence electrons. The molecule has 0 aliphatic rings. The molecule has 1 aromatic heterocycles. The van der Waals surface area contributed by atoms with Gasteiger partial charge in [0.1, 0.15) is 11.6 Å². The molecule has 2 rings (SSSR count). The van der Waals surface area contributed by atoms with Crippen molar-refractivity contribution in [3.63, 3.8) is 0 Å². The normalized spacial score (nSPS) is 11.1. The summed E-state index contributed by atoms with van der Waals surface area (Å²) in [5, 5.41) is 2.88. The van der Waals surface area contributed by atoms with Gasteiger partial charge in [-0.25, -0.2) is 4.98 Å². The molecule has 0 aliphatic heterocycles. The number of carbonyl (C=O) groups excluding carboxylic acids is 1. The standard InChI is InChI=1S/C15H20ClN3O2/c1-10(2)17-15(20)6-7-19-13-8-11(21-3)4-5-12(13)18-14(19)9-16/h4-5,8,10H,6-7,9H2,1-3H3,(H,17,20). The van der Waals surface area contributed by atoms with Gasteiger partial charge in [-0.2, -0.15) is 0 Å². The van der Waals surface area contributed by atoms with Crippen LogP contribution in [0, 0.1) is 0 Å². The van der Waals surface area contributed by atoms with Crippen molar-refractivity contribution in [2.24, 2.45) is 0 Å². The second kappa shape index (κ2) is 6.80. The number of aryl methyl sites for hydroxylation is 1. The Morgan fingerprint density at radius 3 is 2.86 bits per heavy atom. The van der Waals surface area contributed by atoms with Gasteiger partial charge in [0.25, 0.3) is 0 Å². The van der Waals surface area contributed by atoms with Crippen LogP contribution in [0.15, 0.2) is 18.2 Å². The first-order chi connectivity index (χ1) is 10.0. The minimum absolute atomic E-state index is 0.0234. The van der Waals surface area contributed by atoms with Gasteiger partial charge >= 0.3 is 0 Å². The molecule has 0 saturated carbocycles. The Hall–Kier alpha value is -1.75. The minimum Gasteiger partial charge on any atom is -0.497 e. The lowest BCUT2D eigenvalue weighted by Gasteiger charge is -2.10. The Labute approximate surface area is 129 Å². The van der Waals surface area contributed by atoms with Crippen LogP contribution >= 0.6 is 11.6 Å². The molecule has 21 heavy (non-hydrogen) atoms. The number of alkyl halides is 1. The number of amides is 1. The summed E-state index contributed by atoms with van der Waals surface area (Å²) in [6, 6.07) is 5.82. The zero-order valence-electron chi connectivity index (χ0n) is 12.5. The number of imidazole rings is 1. The Balaban J connectivity index is 2.26. The van der Waals surface area contributed by atoms with Gasteiger partial charge in [0.05, 0.1) is 24.0 Å². The summed E-state index contributed by atoms with van der Waals surface area (Å²) in [4.78, 5) is 16.3. The van der Waals surface area contributed by atoms with Crippen molar-refractivity contribution in [2.45, 2.75) is 38.7 Å². The highest BCUT2D eigenvalue weighted by Gasteiger charge is 2.12. The molecule has 1 N–H and O–H groups in total. The van der Waals surface area contributed by atoms with E-state index in [-0.39, 0.29) is 11.9 Å². The Kier molecular flexibility index (Phi) is 5.07.